The number of anilines is 3. The molecule has 0 radical (unpaired) electrons. The van der Waals surface area contributed by atoms with Gasteiger partial charge in [0.1, 0.15) is 0 Å². The minimum absolute atomic E-state index is 0.00313. The van der Waals surface area contributed by atoms with Gasteiger partial charge in [0.15, 0.2) is 11.5 Å². The molecule has 1 aliphatic rings. The van der Waals surface area contributed by atoms with Gasteiger partial charge < -0.3 is 22.1 Å². The van der Waals surface area contributed by atoms with Crippen molar-refractivity contribution in [2.75, 3.05) is 10.6 Å². The zero-order chi connectivity index (χ0) is 19.7. The Bertz CT molecular complexity index is 1020. The molecule has 1 fully saturated rings. The summed E-state index contributed by atoms with van der Waals surface area (Å²) in [4.78, 5) is 16.3. The fourth-order valence-corrected chi connectivity index (χ4v) is 4.49. The van der Waals surface area contributed by atoms with Crippen LogP contribution in [0.5, 0.6) is 0 Å². The number of nitrogens with zero attached hydrogens (tertiary/aromatic N) is 3. The van der Waals surface area contributed by atoms with Crippen LogP contribution in [0.3, 0.4) is 0 Å². The van der Waals surface area contributed by atoms with Crippen molar-refractivity contribution in [2.24, 2.45) is 11.5 Å². The monoisotopic (exact) mass is 397 g/mol. The lowest BCUT2D eigenvalue weighted by molar-refractivity contribution is 0.0995. The molecule has 2 heterocycles. The molecule has 0 saturated heterocycles. The minimum Gasteiger partial charge on any atom is -0.364 e. The highest BCUT2D eigenvalue weighted by Crippen LogP contribution is 2.32. The van der Waals surface area contributed by atoms with E-state index in [0.29, 0.717) is 5.95 Å². The zero-order valence-corrected chi connectivity index (χ0v) is 16.4. The van der Waals surface area contributed by atoms with Gasteiger partial charge in [-0.3, -0.25) is 4.79 Å². The molecule has 1 amide bonds. The summed E-state index contributed by atoms with van der Waals surface area (Å²) in [5, 5.41) is 17.6. The third-order valence-electron chi connectivity index (χ3n) is 5.02. The molecular weight excluding hydrogens is 374 g/mol. The SMILES string of the molecule is Cc1cc(Nc2nc(N[C@@H]3CCCC[C@@H]3N)nnc2C(N)=O)c2ccsc2c1. The average molecular weight is 398 g/mol. The number of aromatic nitrogens is 3. The molecule has 3 aromatic rings. The normalized spacial score (nSPS) is 19.5. The van der Waals surface area contributed by atoms with Crippen molar-refractivity contribution in [3.05, 3.63) is 34.8 Å². The van der Waals surface area contributed by atoms with Gasteiger partial charge in [0.2, 0.25) is 5.95 Å². The van der Waals surface area contributed by atoms with Gasteiger partial charge in [0.25, 0.3) is 5.91 Å². The van der Waals surface area contributed by atoms with Gasteiger partial charge in [0, 0.05) is 27.9 Å². The van der Waals surface area contributed by atoms with Gasteiger partial charge in [-0.05, 0) is 48.9 Å². The molecule has 1 aromatic carbocycles. The lowest BCUT2D eigenvalue weighted by atomic mass is 9.91. The van der Waals surface area contributed by atoms with Crippen molar-refractivity contribution < 1.29 is 4.79 Å². The molecule has 2 atom stereocenters. The highest BCUT2D eigenvalue weighted by Gasteiger charge is 2.23. The number of aryl methyl sites for hydroxylation is 1. The second-order valence-corrected chi connectivity index (χ2v) is 8.11. The first-order chi connectivity index (χ1) is 13.5. The van der Waals surface area contributed by atoms with Crippen LogP contribution in [0.4, 0.5) is 17.5 Å². The molecule has 28 heavy (non-hydrogen) atoms. The zero-order valence-electron chi connectivity index (χ0n) is 15.6. The maximum atomic E-state index is 11.8. The lowest BCUT2D eigenvalue weighted by Crippen LogP contribution is -2.43. The first kappa shape index (κ1) is 18.6. The first-order valence-electron chi connectivity index (χ1n) is 9.33. The number of carbonyl (C=O) groups is 1. The molecule has 0 spiro atoms. The van der Waals surface area contributed by atoms with Crippen LogP contribution in [-0.2, 0) is 0 Å². The van der Waals surface area contributed by atoms with Gasteiger partial charge in [-0.15, -0.1) is 21.5 Å². The molecule has 2 aromatic heterocycles. The highest BCUT2D eigenvalue weighted by atomic mass is 32.1. The van der Waals surface area contributed by atoms with Crippen molar-refractivity contribution in [1.82, 2.24) is 15.2 Å². The van der Waals surface area contributed by atoms with Crippen LogP contribution in [0.25, 0.3) is 10.1 Å². The quantitative estimate of drug-likeness (QED) is 0.520. The van der Waals surface area contributed by atoms with Crippen LogP contribution in [0.1, 0.15) is 41.7 Å². The number of benzene rings is 1. The molecule has 0 bridgehead atoms. The van der Waals surface area contributed by atoms with Crippen molar-refractivity contribution in [3.8, 4) is 0 Å². The van der Waals surface area contributed by atoms with Crippen molar-refractivity contribution in [3.63, 3.8) is 0 Å². The van der Waals surface area contributed by atoms with Crippen LogP contribution < -0.4 is 22.1 Å². The summed E-state index contributed by atoms with van der Waals surface area (Å²) in [6.07, 6.45) is 4.17. The van der Waals surface area contributed by atoms with Crippen LogP contribution in [0, 0.1) is 6.92 Å². The number of hydrogen-bond donors (Lipinski definition) is 4. The van der Waals surface area contributed by atoms with E-state index in [1.165, 1.54) is 0 Å². The fraction of sp³-hybridized carbons (Fsp3) is 0.368. The number of nitrogens with two attached hydrogens (primary N) is 2. The summed E-state index contributed by atoms with van der Waals surface area (Å²) in [6.45, 7) is 2.02. The number of amides is 1. The molecule has 0 unspecified atom stereocenters. The van der Waals surface area contributed by atoms with Gasteiger partial charge >= 0.3 is 0 Å². The van der Waals surface area contributed by atoms with E-state index in [1.807, 2.05) is 24.4 Å². The summed E-state index contributed by atoms with van der Waals surface area (Å²) in [5.41, 5.74) is 13.6. The van der Waals surface area contributed by atoms with Crippen LogP contribution in [0.15, 0.2) is 23.6 Å². The van der Waals surface area contributed by atoms with E-state index in [4.69, 9.17) is 11.5 Å². The topological polar surface area (TPSA) is 132 Å². The lowest BCUT2D eigenvalue weighted by Gasteiger charge is -2.29. The Balaban J connectivity index is 1.68. The molecule has 1 saturated carbocycles. The Labute approximate surface area is 166 Å². The second kappa shape index (κ2) is 7.69. The van der Waals surface area contributed by atoms with E-state index in [0.717, 1.165) is 47.0 Å². The van der Waals surface area contributed by atoms with E-state index in [-0.39, 0.29) is 23.6 Å². The number of hydrogen-bond acceptors (Lipinski definition) is 8. The molecule has 4 rings (SSSR count). The Morgan fingerprint density at radius 1 is 1.25 bits per heavy atom. The van der Waals surface area contributed by atoms with Crippen molar-refractivity contribution >= 4 is 44.8 Å². The number of carbonyl (C=O) groups excluding carboxylic acids is 1. The molecule has 8 nitrogen and oxygen atoms in total. The third kappa shape index (κ3) is 3.76. The number of rotatable bonds is 5. The smallest absolute Gasteiger partial charge is 0.273 e. The summed E-state index contributed by atoms with van der Waals surface area (Å²) in [7, 11) is 0. The number of nitrogens with one attached hydrogen (secondary N) is 2. The van der Waals surface area contributed by atoms with Gasteiger partial charge in [-0.1, -0.05) is 12.8 Å². The standard InChI is InChI=1S/C19H23N7OS/c1-10-8-14(11-6-7-28-15(11)9-10)22-18-16(17(21)27)25-26-19(24-18)23-13-5-3-2-4-12(13)20/h6-9,12-13H,2-5,20H2,1H3,(H2,21,27)(H2,22,23,24,26)/t12-,13+/m0/s1. The van der Waals surface area contributed by atoms with Gasteiger partial charge in [-0.25, -0.2) is 0 Å². The predicted molar refractivity (Wildman–Crippen MR) is 112 cm³/mol. The van der Waals surface area contributed by atoms with Gasteiger partial charge in [0.05, 0.1) is 0 Å². The van der Waals surface area contributed by atoms with Crippen LogP contribution >= 0.6 is 11.3 Å². The van der Waals surface area contributed by atoms with E-state index < -0.39 is 5.91 Å². The summed E-state index contributed by atoms with van der Waals surface area (Å²) in [6, 6.07) is 6.29. The van der Waals surface area contributed by atoms with Crippen molar-refractivity contribution in [2.45, 2.75) is 44.7 Å². The molecule has 9 heteroatoms. The van der Waals surface area contributed by atoms with E-state index in [9.17, 15) is 4.79 Å². The summed E-state index contributed by atoms with van der Waals surface area (Å²) < 4.78 is 1.15. The Morgan fingerprint density at radius 2 is 2.07 bits per heavy atom. The van der Waals surface area contributed by atoms with Crippen LogP contribution in [0.2, 0.25) is 0 Å². The Morgan fingerprint density at radius 3 is 2.86 bits per heavy atom. The largest absolute Gasteiger partial charge is 0.364 e. The summed E-state index contributed by atoms with van der Waals surface area (Å²) >= 11 is 1.66. The maximum Gasteiger partial charge on any atom is 0.273 e. The molecule has 6 N–H and O–H groups in total. The maximum absolute atomic E-state index is 11.8. The van der Waals surface area contributed by atoms with E-state index >= 15 is 0 Å². The minimum atomic E-state index is -0.683. The molecule has 146 valence electrons. The van der Waals surface area contributed by atoms with Gasteiger partial charge in [-0.2, -0.15) is 4.98 Å². The second-order valence-electron chi connectivity index (χ2n) is 7.17. The van der Waals surface area contributed by atoms with Crippen molar-refractivity contribution in [1.29, 1.82) is 0 Å². The first-order valence-corrected chi connectivity index (χ1v) is 10.2. The molecular formula is C19H23N7OS. The Kier molecular flexibility index (Phi) is 5.10. The number of thiophene rings is 1. The fourth-order valence-electron chi connectivity index (χ4n) is 3.58. The molecule has 1 aliphatic carbocycles. The van der Waals surface area contributed by atoms with E-state index in [2.05, 4.69) is 31.9 Å². The van der Waals surface area contributed by atoms with E-state index in [1.54, 1.807) is 11.3 Å². The average Bonchev–Trinajstić information content (AvgIpc) is 3.12. The number of primary amides is 1. The highest BCUT2D eigenvalue weighted by molar-refractivity contribution is 7.17. The predicted octanol–water partition coefficient (Wildman–Crippen LogP) is 2.92. The summed E-state index contributed by atoms with van der Waals surface area (Å²) in [5.74, 6) is -0.0609. The Hall–Kier alpha value is -2.78. The number of fused-ring (bicyclic) bond motifs is 1. The third-order valence-corrected chi connectivity index (χ3v) is 5.89. The molecule has 0 aliphatic heterocycles. The van der Waals surface area contributed by atoms with Crippen LogP contribution in [-0.4, -0.2) is 33.2 Å².